The van der Waals surface area contributed by atoms with Gasteiger partial charge in [-0.15, -0.1) is 11.8 Å². The van der Waals surface area contributed by atoms with Crippen molar-refractivity contribution < 1.29 is 14.7 Å². The summed E-state index contributed by atoms with van der Waals surface area (Å²) >= 11 is 1.07. The van der Waals surface area contributed by atoms with E-state index in [-0.39, 0.29) is 23.5 Å². The van der Waals surface area contributed by atoms with E-state index in [1.54, 1.807) is 12.4 Å². The van der Waals surface area contributed by atoms with Gasteiger partial charge in [0.1, 0.15) is 0 Å². The fourth-order valence-corrected chi connectivity index (χ4v) is 1.64. The molecule has 0 saturated heterocycles. The van der Waals surface area contributed by atoms with Gasteiger partial charge in [0.25, 0.3) is 0 Å². The lowest BCUT2D eigenvalue weighted by Gasteiger charge is -2.11. The molecule has 6 nitrogen and oxygen atoms in total. The van der Waals surface area contributed by atoms with E-state index in [9.17, 15) is 9.59 Å². The monoisotopic (exact) mass is 243 g/mol. The normalized spacial score (nSPS) is 12.1. The van der Waals surface area contributed by atoms with Gasteiger partial charge in [-0.05, 0) is 6.92 Å². The fraction of sp³-hybridized carbons (Fsp3) is 0.444. The van der Waals surface area contributed by atoms with Crippen molar-refractivity contribution in [3.8, 4) is 0 Å². The number of aromatic nitrogens is 2. The first-order valence-electron chi connectivity index (χ1n) is 4.67. The lowest BCUT2D eigenvalue weighted by molar-refractivity contribution is -0.133. The number of carbonyl (C=O) groups is 2. The second-order valence-electron chi connectivity index (χ2n) is 3.21. The Morgan fingerprint density at radius 3 is 2.94 bits per heavy atom. The molecular weight excluding hydrogens is 230 g/mol. The van der Waals surface area contributed by atoms with Gasteiger partial charge in [0.15, 0.2) is 0 Å². The number of aliphatic carboxylic acids is 1. The smallest absolute Gasteiger partial charge is 0.313 e. The van der Waals surface area contributed by atoms with Crippen molar-refractivity contribution in [2.75, 3.05) is 11.5 Å². The minimum atomic E-state index is -0.916. The number of hydrogen-bond donors (Lipinski definition) is 3. The maximum atomic E-state index is 11.4. The van der Waals surface area contributed by atoms with Crippen LogP contribution in [0.3, 0.4) is 0 Å². The Labute approximate surface area is 96.8 Å². The van der Waals surface area contributed by atoms with Gasteiger partial charge in [0.05, 0.1) is 23.7 Å². The zero-order valence-electron chi connectivity index (χ0n) is 8.77. The highest BCUT2D eigenvalue weighted by molar-refractivity contribution is 8.00. The summed E-state index contributed by atoms with van der Waals surface area (Å²) in [6.07, 6.45) is 3.34. The largest absolute Gasteiger partial charge is 0.481 e. The number of H-pyrrole nitrogens is 1. The Morgan fingerprint density at radius 1 is 1.62 bits per heavy atom. The second-order valence-corrected chi connectivity index (χ2v) is 4.19. The van der Waals surface area contributed by atoms with E-state index in [4.69, 9.17) is 5.11 Å². The van der Waals surface area contributed by atoms with Gasteiger partial charge in [-0.2, -0.15) is 5.10 Å². The molecule has 0 aliphatic heterocycles. The number of nitrogens with one attached hydrogen (secondary N) is 2. The Hall–Kier alpha value is -1.50. The van der Waals surface area contributed by atoms with Crippen LogP contribution in [-0.2, 0) is 9.59 Å². The molecule has 1 aromatic heterocycles. The number of hydrogen-bond acceptors (Lipinski definition) is 4. The Balaban J connectivity index is 2.26. The molecule has 0 saturated carbocycles. The van der Waals surface area contributed by atoms with E-state index in [1.807, 2.05) is 6.92 Å². The first-order valence-corrected chi connectivity index (χ1v) is 5.82. The molecule has 0 aliphatic carbocycles. The summed E-state index contributed by atoms with van der Waals surface area (Å²) in [6.45, 7) is 1.84. The highest BCUT2D eigenvalue weighted by Crippen LogP contribution is 2.09. The van der Waals surface area contributed by atoms with Crippen LogP contribution < -0.4 is 5.32 Å². The highest BCUT2D eigenvalue weighted by atomic mass is 32.2. The maximum Gasteiger partial charge on any atom is 0.313 e. The molecule has 3 N–H and O–H groups in total. The first kappa shape index (κ1) is 12.6. The molecule has 0 fully saturated rings. The second kappa shape index (κ2) is 6.16. The average molecular weight is 243 g/mol. The number of thioether (sulfide) groups is 1. The predicted octanol–water partition coefficient (Wildman–Crippen LogP) is 0.405. The van der Waals surface area contributed by atoms with Crippen LogP contribution in [0.2, 0.25) is 0 Å². The zero-order valence-corrected chi connectivity index (χ0v) is 9.58. The number of amides is 1. The van der Waals surface area contributed by atoms with Crippen molar-refractivity contribution in [1.29, 1.82) is 0 Å². The van der Waals surface area contributed by atoms with Crippen molar-refractivity contribution >= 4 is 23.6 Å². The van der Waals surface area contributed by atoms with E-state index in [2.05, 4.69) is 15.5 Å². The molecule has 1 unspecified atom stereocenters. The van der Waals surface area contributed by atoms with Gasteiger partial charge < -0.3 is 10.4 Å². The van der Waals surface area contributed by atoms with Crippen LogP contribution in [0.15, 0.2) is 12.4 Å². The standard InChI is InChI=1S/C9H13N3O3S/c1-6(7-2-10-11-3-7)12-8(13)4-16-5-9(14)15/h2-3,6H,4-5H2,1H3,(H,10,11)(H,12,13)(H,14,15). The minimum Gasteiger partial charge on any atom is -0.481 e. The van der Waals surface area contributed by atoms with Gasteiger partial charge in [-0.3, -0.25) is 14.7 Å². The van der Waals surface area contributed by atoms with E-state index >= 15 is 0 Å². The van der Waals surface area contributed by atoms with Crippen molar-refractivity contribution in [3.05, 3.63) is 18.0 Å². The van der Waals surface area contributed by atoms with Crippen LogP contribution in [-0.4, -0.2) is 38.7 Å². The van der Waals surface area contributed by atoms with E-state index in [1.165, 1.54) is 0 Å². The summed E-state index contributed by atoms with van der Waals surface area (Å²) < 4.78 is 0. The zero-order chi connectivity index (χ0) is 12.0. The van der Waals surface area contributed by atoms with Crippen LogP contribution in [0.1, 0.15) is 18.5 Å². The SMILES string of the molecule is CC(NC(=O)CSCC(=O)O)c1cn[nH]c1. The molecule has 7 heteroatoms. The van der Waals surface area contributed by atoms with Crippen LogP contribution in [0, 0.1) is 0 Å². The lowest BCUT2D eigenvalue weighted by Crippen LogP contribution is -2.28. The van der Waals surface area contributed by atoms with Crippen molar-refractivity contribution in [2.24, 2.45) is 0 Å². The van der Waals surface area contributed by atoms with Crippen LogP contribution in [0.5, 0.6) is 0 Å². The highest BCUT2D eigenvalue weighted by Gasteiger charge is 2.10. The summed E-state index contributed by atoms with van der Waals surface area (Å²) in [4.78, 5) is 21.6. The molecule has 1 heterocycles. The molecule has 0 spiro atoms. The number of carbonyl (C=O) groups excluding carboxylic acids is 1. The maximum absolute atomic E-state index is 11.4. The summed E-state index contributed by atoms with van der Waals surface area (Å²) in [6, 6.07) is -0.128. The fourth-order valence-electron chi connectivity index (χ4n) is 1.10. The number of rotatable bonds is 6. The molecule has 0 aromatic carbocycles. The van der Waals surface area contributed by atoms with Crippen molar-refractivity contribution in [2.45, 2.75) is 13.0 Å². The van der Waals surface area contributed by atoms with Crippen LogP contribution in [0.4, 0.5) is 0 Å². The number of carboxylic acid groups (broad SMARTS) is 1. The van der Waals surface area contributed by atoms with Crippen molar-refractivity contribution in [3.63, 3.8) is 0 Å². The molecule has 16 heavy (non-hydrogen) atoms. The lowest BCUT2D eigenvalue weighted by atomic mass is 10.2. The van der Waals surface area contributed by atoms with Gasteiger partial charge in [-0.1, -0.05) is 0 Å². The molecule has 0 bridgehead atoms. The average Bonchev–Trinajstić information content (AvgIpc) is 2.69. The summed E-state index contributed by atoms with van der Waals surface area (Å²) in [5.74, 6) is -1.01. The minimum absolute atomic E-state index is 0.0620. The number of nitrogens with zero attached hydrogens (tertiary/aromatic N) is 1. The van der Waals surface area contributed by atoms with Crippen LogP contribution >= 0.6 is 11.8 Å². The quantitative estimate of drug-likeness (QED) is 0.672. The van der Waals surface area contributed by atoms with Gasteiger partial charge in [-0.25, -0.2) is 0 Å². The molecule has 1 aromatic rings. The van der Waals surface area contributed by atoms with E-state index < -0.39 is 5.97 Å². The van der Waals surface area contributed by atoms with E-state index in [0.717, 1.165) is 17.3 Å². The third kappa shape index (κ3) is 4.35. The Kier molecular flexibility index (Phi) is 4.84. The van der Waals surface area contributed by atoms with Crippen molar-refractivity contribution in [1.82, 2.24) is 15.5 Å². The summed E-state index contributed by atoms with van der Waals surface area (Å²) in [5, 5.41) is 17.6. The molecule has 0 aliphatic rings. The van der Waals surface area contributed by atoms with Gasteiger partial charge >= 0.3 is 5.97 Å². The molecule has 1 rings (SSSR count). The van der Waals surface area contributed by atoms with Gasteiger partial charge in [0, 0.05) is 11.8 Å². The van der Waals surface area contributed by atoms with Gasteiger partial charge in [0.2, 0.25) is 5.91 Å². The molecule has 1 atom stereocenters. The molecule has 1 amide bonds. The molecular formula is C9H13N3O3S. The topological polar surface area (TPSA) is 95.1 Å². The predicted molar refractivity (Wildman–Crippen MR) is 60.1 cm³/mol. The summed E-state index contributed by atoms with van der Waals surface area (Å²) in [7, 11) is 0. The third-order valence-electron chi connectivity index (χ3n) is 1.86. The van der Waals surface area contributed by atoms with Crippen LogP contribution in [0.25, 0.3) is 0 Å². The Morgan fingerprint density at radius 2 is 2.38 bits per heavy atom. The molecule has 0 radical (unpaired) electrons. The first-order chi connectivity index (χ1) is 7.59. The van der Waals surface area contributed by atoms with E-state index in [0.29, 0.717) is 0 Å². The molecule has 88 valence electrons. The Bertz CT molecular complexity index is 353. The number of carboxylic acids is 1. The third-order valence-corrected chi connectivity index (χ3v) is 2.77. The number of aromatic amines is 1. The summed E-state index contributed by atoms with van der Waals surface area (Å²) in [5.41, 5.74) is 0.886.